The van der Waals surface area contributed by atoms with Crippen molar-refractivity contribution in [1.29, 1.82) is 0 Å². The Hall–Kier alpha value is -1.83. The van der Waals surface area contributed by atoms with Gasteiger partial charge in [0.1, 0.15) is 11.5 Å². The number of hydrogen-bond acceptors (Lipinski definition) is 4. The summed E-state index contributed by atoms with van der Waals surface area (Å²) in [5.74, 6) is -1.19. The molecule has 154 valence electrons. The Morgan fingerprint density at radius 3 is 2.46 bits per heavy atom. The van der Waals surface area contributed by atoms with Gasteiger partial charge in [0, 0.05) is 50.0 Å². The summed E-state index contributed by atoms with van der Waals surface area (Å²) in [5.41, 5.74) is 3.09. The summed E-state index contributed by atoms with van der Waals surface area (Å²) in [5, 5.41) is 7.95. The Bertz CT molecular complexity index is 781. The first-order valence-electron chi connectivity index (χ1n) is 10.2. The van der Waals surface area contributed by atoms with E-state index in [4.69, 9.17) is 0 Å². The second-order valence-electron chi connectivity index (χ2n) is 7.46. The quantitative estimate of drug-likeness (QED) is 0.702. The molecule has 1 aromatic carbocycles. The predicted molar refractivity (Wildman–Crippen MR) is 108 cm³/mol. The molecule has 1 aromatic heterocycles. The van der Waals surface area contributed by atoms with Crippen LogP contribution in [0.25, 0.3) is 5.69 Å². The van der Waals surface area contributed by atoms with Crippen molar-refractivity contribution in [3.05, 3.63) is 46.8 Å². The normalized spacial score (nSPS) is 16.0. The lowest BCUT2D eigenvalue weighted by Crippen LogP contribution is -2.46. The second kappa shape index (κ2) is 9.58. The summed E-state index contributed by atoms with van der Waals surface area (Å²) in [4.78, 5) is 5.02. The average Bonchev–Trinajstić information content (AvgIpc) is 2.96. The Morgan fingerprint density at radius 2 is 1.79 bits per heavy atom. The molecule has 7 heteroatoms. The summed E-state index contributed by atoms with van der Waals surface area (Å²) in [6.07, 6.45) is 1.10. The highest BCUT2D eigenvalue weighted by Gasteiger charge is 2.16. The number of aryl methyl sites for hydroxylation is 1. The van der Waals surface area contributed by atoms with Crippen LogP contribution in [0.5, 0.6) is 0 Å². The molecule has 1 N–H and O–H groups in total. The molecule has 0 spiro atoms. The average molecular weight is 392 g/mol. The molecule has 2 heterocycles. The lowest BCUT2D eigenvalue weighted by atomic mass is 10.2. The van der Waals surface area contributed by atoms with Gasteiger partial charge in [-0.2, -0.15) is 5.10 Å². The van der Waals surface area contributed by atoms with Crippen LogP contribution in [0, 0.1) is 25.5 Å². The van der Waals surface area contributed by atoms with Crippen molar-refractivity contribution in [2.45, 2.75) is 33.7 Å². The highest BCUT2D eigenvalue weighted by atomic mass is 19.1. The molecule has 1 aliphatic heterocycles. The predicted octanol–water partition coefficient (Wildman–Crippen LogP) is 2.88. The number of benzene rings is 1. The maximum absolute atomic E-state index is 14.1. The topological polar surface area (TPSA) is 36.3 Å². The van der Waals surface area contributed by atoms with Crippen LogP contribution in [-0.4, -0.2) is 65.4 Å². The largest absolute Gasteiger partial charge is 0.312 e. The molecule has 0 amide bonds. The first kappa shape index (κ1) is 20.9. The Morgan fingerprint density at radius 1 is 1.07 bits per heavy atom. The molecule has 2 aromatic rings. The first-order valence-corrected chi connectivity index (χ1v) is 10.2. The van der Waals surface area contributed by atoms with Gasteiger partial charge in [0.15, 0.2) is 5.82 Å². The van der Waals surface area contributed by atoms with E-state index >= 15 is 0 Å². The molecule has 0 saturated carbocycles. The molecule has 0 aliphatic carbocycles. The maximum atomic E-state index is 14.1. The Balaban J connectivity index is 1.49. The van der Waals surface area contributed by atoms with E-state index in [1.54, 1.807) is 4.68 Å². The van der Waals surface area contributed by atoms with Crippen molar-refractivity contribution in [2.75, 3.05) is 45.8 Å². The number of rotatable bonds is 8. The number of hydrogen-bond donors (Lipinski definition) is 1. The molecule has 5 nitrogen and oxygen atoms in total. The molecule has 0 atom stereocenters. The van der Waals surface area contributed by atoms with E-state index in [0.29, 0.717) is 6.54 Å². The van der Waals surface area contributed by atoms with Gasteiger partial charge in [-0.3, -0.25) is 0 Å². The van der Waals surface area contributed by atoms with Gasteiger partial charge in [-0.25, -0.2) is 13.5 Å². The van der Waals surface area contributed by atoms with E-state index in [1.165, 1.54) is 25.2 Å². The van der Waals surface area contributed by atoms with Crippen LogP contribution in [0.3, 0.4) is 0 Å². The summed E-state index contributed by atoms with van der Waals surface area (Å²) >= 11 is 0. The molecular formula is C21H31F2N5. The van der Waals surface area contributed by atoms with E-state index in [2.05, 4.69) is 27.1 Å². The number of nitrogens with zero attached hydrogens (tertiary/aromatic N) is 4. The van der Waals surface area contributed by atoms with Crippen LogP contribution in [0.15, 0.2) is 18.2 Å². The van der Waals surface area contributed by atoms with Crippen LogP contribution in [-0.2, 0) is 6.54 Å². The molecule has 1 saturated heterocycles. The zero-order valence-corrected chi connectivity index (χ0v) is 17.1. The molecule has 0 unspecified atom stereocenters. The van der Waals surface area contributed by atoms with Crippen LogP contribution < -0.4 is 5.32 Å². The number of piperazine rings is 1. The minimum absolute atomic E-state index is 0.277. The molecular weight excluding hydrogens is 360 g/mol. The summed E-state index contributed by atoms with van der Waals surface area (Å²) in [6.45, 7) is 14.6. The van der Waals surface area contributed by atoms with Crippen LogP contribution >= 0.6 is 0 Å². The number of likely N-dealkylation sites (N-methyl/N-ethyl adjacent to an activating group) is 1. The van der Waals surface area contributed by atoms with Gasteiger partial charge in [-0.15, -0.1) is 0 Å². The van der Waals surface area contributed by atoms with Gasteiger partial charge < -0.3 is 15.1 Å². The third-order valence-electron chi connectivity index (χ3n) is 5.62. The van der Waals surface area contributed by atoms with Crippen LogP contribution in [0.4, 0.5) is 8.78 Å². The monoisotopic (exact) mass is 391 g/mol. The van der Waals surface area contributed by atoms with E-state index in [-0.39, 0.29) is 5.69 Å². The Labute approximate surface area is 166 Å². The molecule has 3 rings (SSSR count). The molecule has 1 aliphatic rings. The number of halogens is 2. The maximum Gasteiger partial charge on any atom is 0.151 e. The zero-order chi connectivity index (χ0) is 20.1. The van der Waals surface area contributed by atoms with Crippen molar-refractivity contribution in [3.8, 4) is 5.69 Å². The molecule has 28 heavy (non-hydrogen) atoms. The second-order valence-corrected chi connectivity index (χ2v) is 7.46. The van der Waals surface area contributed by atoms with Gasteiger partial charge in [-0.05, 0) is 52.0 Å². The van der Waals surface area contributed by atoms with Crippen molar-refractivity contribution in [1.82, 2.24) is 24.9 Å². The van der Waals surface area contributed by atoms with Crippen molar-refractivity contribution >= 4 is 0 Å². The fourth-order valence-corrected chi connectivity index (χ4v) is 3.79. The summed E-state index contributed by atoms with van der Waals surface area (Å²) in [7, 11) is 0. The van der Waals surface area contributed by atoms with Crippen LogP contribution in [0.2, 0.25) is 0 Å². The number of aromatic nitrogens is 2. The van der Waals surface area contributed by atoms with Gasteiger partial charge in [-0.1, -0.05) is 6.92 Å². The fourth-order valence-electron chi connectivity index (χ4n) is 3.79. The molecule has 0 radical (unpaired) electrons. The van der Waals surface area contributed by atoms with Gasteiger partial charge in [0.05, 0.1) is 5.69 Å². The first-order chi connectivity index (χ1) is 13.5. The highest BCUT2D eigenvalue weighted by molar-refractivity contribution is 5.38. The van der Waals surface area contributed by atoms with E-state index < -0.39 is 11.6 Å². The van der Waals surface area contributed by atoms with E-state index in [9.17, 15) is 8.78 Å². The minimum atomic E-state index is -0.603. The zero-order valence-electron chi connectivity index (χ0n) is 17.1. The van der Waals surface area contributed by atoms with Crippen molar-refractivity contribution in [2.24, 2.45) is 0 Å². The fraction of sp³-hybridized carbons (Fsp3) is 0.571. The summed E-state index contributed by atoms with van der Waals surface area (Å²) < 4.78 is 28.8. The third-order valence-corrected chi connectivity index (χ3v) is 5.62. The van der Waals surface area contributed by atoms with Crippen molar-refractivity contribution < 1.29 is 8.78 Å². The Kier molecular flexibility index (Phi) is 7.15. The van der Waals surface area contributed by atoms with E-state index in [1.807, 2.05) is 13.8 Å². The smallest absolute Gasteiger partial charge is 0.151 e. The standard InChI is InChI=1S/C21H31F2N5/c1-4-26-10-12-27(13-11-26)9-5-8-24-15-19-16(2)25-28(17(19)3)21-7-6-18(22)14-20(21)23/h6-7,14,24H,4-5,8-13,15H2,1-3H3. The van der Waals surface area contributed by atoms with Gasteiger partial charge in [0.25, 0.3) is 0 Å². The van der Waals surface area contributed by atoms with Crippen molar-refractivity contribution in [3.63, 3.8) is 0 Å². The number of nitrogens with one attached hydrogen (secondary N) is 1. The minimum Gasteiger partial charge on any atom is -0.312 e. The third kappa shape index (κ3) is 4.96. The lowest BCUT2D eigenvalue weighted by Gasteiger charge is -2.34. The van der Waals surface area contributed by atoms with Crippen LogP contribution in [0.1, 0.15) is 30.3 Å². The van der Waals surface area contributed by atoms with E-state index in [0.717, 1.165) is 62.2 Å². The molecule has 1 fully saturated rings. The lowest BCUT2D eigenvalue weighted by molar-refractivity contribution is 0.136. The SMILES string of the molecule is CCN1CCN(CCCNCc2c(C)nn(-c3ccc(F)cc3F)c2C)CC1. The van der Waals surface area contributed by atoms with Gasteiger partial charge >= 0.3 is 0 Å². The molecule has 0 bridgehead atoms. The highest BCUT2D eigenvalue weighted by Crippen LogP contribution is 2.20. The van der Waals surface area contributed by atoms with Gasteiger partial charge in [0.2, 0.25) is 0 Å². The summed E-state index contributed by atoms with van der Waals surface area (Å²) in [6, 6.07) is 3.58.